The quantitative estimate of drug-likeness (QED) is 0.795. The number of halogens is 3. The maximum absolute atomic E-state index is 12.9. The Bertz CT molecular complexity index is 860. The van der Waals surface area contributed by atoms with Crippen molar-refractivity contribution in [2.75, 3.05) is 19.8 Å². The predicted octanol–water partition coefficient (Wildman–Crippen LogP) is 2.36. The molecule has 0 aliphatic carbocycles. The molecule has 146 valence electrons. The Morgan fingerprint density at radius 2 is 1.96 bits per heavy atom. The maximum atomic E-state index is 12.9. The van der Waals surface area contributed by atoms with Gasteiger partial charge < -0.3 is 9.64 Å². The molecule has 1 fully saturated rings. The molecule has 1 saturated heterocycles. The van der Waals surface area contributed by atoms with Crippen molar-refractivity contribution in [1.82, 2.24) is 14.5 Å². The SMILES string of the molecule is O=C(CCn1cnc2ccccc2c1=O)N(CC(F)(F)F)C1CCOCC1. The van der Waals surface area contributed by atoms with E-state index in [-0.39, 0.29) is 18.5 Å². The number of hydrogen-bond donors (Lipinski definition) is 0. The lowest BCUT2D eigenvalue weighted by atomic mass is 10.1. The number of benzene rings is 1. The predicted molar refractivity (Wildman–Crippen MR) is 92.2 cm³/mol. The van der Waals surface area contributed by atoms with E-state index in [1.54, 1.807) is 24.3 Å². The van der Waals surface area contributed by atoms with Gasteiger partial charge in [0.05, 0.1) is 17.2 Å². The molecule has 0 bridgehead atoms. The Kier molecular flexibility index (Phi) is 5.79. The second-order valence-corrected chi connectivity index (χ2v) is 6.49. The number of carbonyl (C=O) groups excluding carboxylic acids is 1. The van der Waals surface area contributed by atoms with Crippen LogP contribution in [-0.4, -0.2) is 52.3 Å². The number of alkyl halides is 3. The summed E-state index contributed by atoms with van der Waals surface area (Å²) in [5.74, 6) is -0.626. The van der Waals surface area contributed by atoms with Crippen LogP contribution in [0, 0.1) is 0 Å². The second-order valence-electron chi connectivity index (χ2n) is 6.49. The molecule has 9 heteroatoms. The molecule has 1 aromatic heterocycles. The van der Waals surface area contributed by atoms with Crippen molar-refractivity contribution in [3.8, 4) is 0 Å². The number of ether oxygens (including phenoxy) is 1. The highest BCUT2D eigenvalue weighted by Crippen LogP contribution is 2.23. The van der Waals surface area contributed by atoms with Crippen LogP contribution >= 0.6 is 0 Å². The summed E-state index contributed by atoms with van der Waals surface area (Å²) >= 11 is 0. The number of para-hydroxylation sites is 1. The highest BCUT2D eigenvalue weighted by molar-refractivity contribution is 5.78. The third kappa shape index (κ3) is 4.85. The standard InChI is InChI=1S/C18H20F3N3O3/c19-18(20,21)11-24(13-6-9-27-10-7-13)16(25)5-8-23-12-22-15-4-2-1-3-14(15)17(23)26/h1-4,12-13H,5-11H2. The summed E-state index contributed by atoms with van der Waals surface area (Å²) in [6, 6.07) is 6.28. The van der Waals surface area contributed by atoms with Gasteiger partial charge in [0, 0.05) is 32.2 Å². The van der Waals surface area contributed by atoms with Crippen LogP contribution in [-0.2, 0) is 16.1 Å². The zero-order valence-corrected chi connectivity index (χ0v) is 14.6. The van der Waals surface area contributed by atoms with E-state index in [1.807, 2.05) is 0 Å². The van der Waals surface area contributed by atoms with Crippen LogP contribution in [0.25, 0.3) is 10.9 Å². The molecule has 3 rings (SSSR count). The van der Waals surface area contributed by atoms with Crippen molar-refractivity contribution in [3.63, 3.8) is 0 Å². The van der Waals surface area contributed by atoms with E-state index in [4.69, 9.17) is 4.74 Å². The lowest BCUT2D eigenvalue weighted by molar-refractivity contribution is -0.169. The summed E-state index contributed by atoms with van der Waals surface area (Å²) in [4.78, 5) is 30.0. The van der Waals surface area contributed by atoms with Gasteiger partial charge >= 0.3 is 6.18 Å². The third-order valence-electron chi connectivity index (χ3n) is 4.60. The number of carbonyl (C=O) groups is 1. The first-order chi connectivity index (χ1) is 12.8. The van der Waals surface area contributed by atoms with Gasteiger partial charge in [-0.25, -0.2) is 4.98 Å². The molecule has 6 nitrogen and oxygen atoms in total. The molecule has 1 amide bonds. The van der Waals surface area contributed by atoms with Crippen LogP contribution in [0.5, 0.6) is 0 Å². The zero-order valence-electron chi connectivity index (χ0n) is 14.6. The van der Waals surface area contributed by atoms with Gasteiger partial charge in [-0.2, -0.15) is 13.2 Å². The van der Waals surface area contributed by atoms with Gasteiger partial charge in [-0.15, -0.1) is 0 Å². The first-order valence-corrected chi connectivity index (χ1v) is 8.73. The van der Waals surface area contributed by atoms with Gasteiger partial charge in [0.1, 0.15) is 6.54 Å². The largest absolute Gasteiger partial charge is 0.406 e. The van der Waals surface area contributed by atoms with Crippen molar-refractivity contribution in [3.05, 3.63) is 40.9 Å². The Labute approximate surface area is 153 Å². The van der Waals surface area contributed by atoms with E-state index in [9.17, 15) is 22.8 Å². The van der Waals surface area contributed by atoms with Gasteiger partial charge in [0.2, 0.25) is 5.91 Å². The van der Waals surface area contributed by atoms with Crippen LogP contribution < -0.4 is 5.56 Å². The van der Waals surface area contributed by atoms with Crippen molar-refractivity contribution >= 4 is 16.8 Å². The van der Waals surface area contributed by atoms with Gasteiger partial charge in [-0.05, 0) is 25.0 Å². The molecule has 2 aromatic rings. The van der Waals surface area contributed by atoms with Crippen LogP contribution in [0.3, 0.4) is 0 Å². The number of rotatable bonds is 5. The number of amides is 1. The molecule has 0 saturated carbocycles. The minimum atomic E-state index is -4.48. The fourth-order valence-corrected chi connectivity index (χ4v) is 3.24. The van der Waals surface area contributed by atoms with Crippen molar-refractivity contribution in [2.45, 2.75) is 38.0 Å². The topological polar surface area (TPSA) is 64.4 Å². The summed E-state index contributed by atoms with van der Waals surface area (Å²) in [6.45, 7) is -0.644. The average molecular weight is 383 g/mol. The van der Waals surface area contributed by atoms with Crippen LogP contribution in [0.2, 0.25) is 0 Å². The molecule has 0 atom stereocenters. The minimum Gasteiger partial charge on any atom is -0.381 e. The molecule has 1 aliphatic heterocycles. The number of aryl methyl sites for hydroxylation is 1. The van der Waals surface area contributed by atoms with Crippen LogP contribution in [0.4, 0.5) is 13.2 Å². The molecule has 0 unspecified atom stereocenters. The molecule has 27 heavy (non-hydrogen) atoms. The van der Waals surface area contributed by atoms with Crippen molar-refractivity contribution < 1.29 is 22.7 Å². The summed E-state index contributed by atoms with van der Waals surface area (Å²) < 4.78 is 45.2. The first-order valence-electron chi connectivity index (χ1n) is 8.73. The van der Waals surface area contributed by atoms with Gasteiger partial charge in [0.15, 0.2) is 0 Å². The van der Waals surface area contributed by atoms with E-state index in [0.29, 0.717) is 37.0 Å². The summed E-state index contributed by atoms with van der Waals surface area (Å²) in [5, 5.41) is 0.407. The smallest absolute Gasteiger partial charge is 0.381 e. The lowest BCUT2D eigenvalue weighted by Gasteiger charge is -2.35. The Hall–Kier alpha value is -2.42. The van der Waals surface area contributed by atoms with Gasteiger partial charge in [-0.1, -0.05) is 12.1 Å². The van der Waals surface area contributed by atoms with Crippen LogP contribution in [0.1, 0.15) is 19.3 Å². The monoisotopic (exact) mass is 383 g/mol. The highest BCUT2D eigenvalue weighted by atomic mass is 19.4. The van der Waals surface area contributed by atoms with Gasteiger partial charge in [-0.3, -0.25) is 14.2 Å². The number of aromatic nitrogens is 2. The minimum absolute atomic E-state index is 0.0208. The summed E-state index contributed by atoms with van der Waals surface area (Å²) in [5.41, 5.74) is 0.216. The zero-order chi connectivity index (χ0) is 19.4. The van der Waals surface area contributed by atoms with Gasteiger partial charge in [0.25, 0.3) is 5.56 Å². The van der Waals surface area contributed by atoms with Crippen LogP contribution in [0.15, 0.2) is 35.4 Å². The van der Waals surface area contributed by atoms with Crippen molar-refractivity contribution in [1.29, 1.82) is 0 Å². The first kappa shape index (κ1) is 19.3. The second kappa shape index (κ2) is 8.08. The number of fused-ring (bicyclic) bond motifs is 1. The fourth-order valence-electron chi connectivity index (χ4n) is 3.24. The molecule has 1 aromatic carbocycles. The fraction of sp³-hybridized carbons (Fsp3) is 0.500. The lowest BCUT2D eigenvalue weighted by Crippen LogP contribution is -2.48. The molecular weight excluding hydrogens is 363 g/mol. The van der Waals surface area contributed by atoms with E-state index in [1.165, 1.54) is 10.9 Å². The summed E-state index contributed by atoms with van der Waals surface area (Å²) in [6.07, 6.45) is -2.61. The molecule has 0 radical (unpaired) electrons. The van der Waals surface area contributed by atoms with E-state index in [2.05, 4.69) is 4.98 Å². The molecule has 1 aliphatic rings. The molecule has 2 heterocycles. The summed E-state index contributed by atoms with van der Waals surface area (Å²) in [7, 11) is 0. The maximum Gasteiger partial charge on any atom is 0.406 e. The number of hydrogen-bond acceptors (Lipinski definition) is 4. The van der Waals surface area contributed by atoms with E-state index < -0.39 is 24.7 Å². The van der Waals surface area contributed by atoms with Crippen molar-refractivity contribution in [2.24, 2.45) is 0 Å². The molecule has 0 N–H and O–H groups in total. The molecular formula is C18H20F3N3O3. The Morgan fingerprint density at radius 1 is 1.26 bits per heavy atom. The Balaban J connectivity index is 1.73. The third-order valence-corrected chi connectivity index (χ3v) is 4.60. The van der Waals surface area contributed by atoms with E-state index in [0.717, 1.165) is 4.90 Å². The highest BCUT2D eigenvalue weighted by Gasteiger charge is 2.36. The Morgan fingerprint density at radius 3 is 2.67 bits per heavy atom. The molecule has 0 spiro atoms. The number of nitrogens with zero attached hydrogens (tertiary/aromatic N) is 3. The van der Waals surface area contributed by atoms with E-state index >= 15 is 0 Å². The average Bonchev–Trinajstić information content (AvgIpc) is 2.65. The normalized spacial score (nSPS) is 15.8.